The lowest BCUT2D eigenvalue weighted by Gasteiger charge is -2.26. The van der Waals surface area contributed by atoms with Crippen molar-refractivity contribution in [2.24, 2.45) is 4.99 Å². The minimum absolute atomic E-state index is 0.855. The van der Waals surface area contributed by atoms with Gasteiger partial charge in [-0.3, -0.25) is 9.89 Å². The third-order valence-electron chi connectivity index (χ3n) is 3.52. The summed E-state index contributed by atoms with van der Waals surface area (Å²) in [5, 5.41) is 8.89. The van der Waals surface area contributed by atoms with Gasteiger partial charge in [0.05, 0.1) is 6.54 Å². The number of nitrogens with one attached hydrogen (secondary N) is 2. The molecule has 2 heterocycles. The molecule has 0 saturated carbocycles. The van der Waals surface area contributed by atoms with Crippen molar-refractivity contribution in [2.45, 2.75) is 19.9 Å². The molecular weight excluding hydrogens is 300 g/mol. The first-order chi connectivity index (χ1) is 10.3. The molecule has 4 nitrogen and oxygen atoms in total. The van der Waals surface area contributed by atoms with Crippen LogP contribution in [0.1, 0.15) is 17.4 Å². The van der Waals surface area contributed by atoms with Crippen LogP contribution in [0.4, 0.5) is 0 Å². The molecule has 0 amide bonds. The Kier molecular flexibility index (Phi) is 7.39. The molecule has 6 heteroatoms. The van der Waals surface area contributed by atoms with Crippen LogP contribution in [0, 0.1) is 0 Å². The van der Waals surface area contributed by atoms with Crippen molar-refractivity contribution < 1.29 is 0 Å². The van der Waals surface area contributed by atoms with E-state index in [4.69, 9.17) is 0 Å². The lowest BCUT2D eigenvalue weighted by Crippen LogP contribution is -2.39. The minimum atomic E-state index is 0.855. The number of nitrogens with zero attached hydrogens (tertiary/aromatic N) is 2. The van der Waals surface area contributed by atoms with E-state index in [2.05, 4.69) is 45.2 Å². The van der Waals surface area contributed by atoms with Crippen LogP contribution >= 0.6 is 23.1 Å². The number of hydrogen-bond acceptors (Lipinski definition) is 4. The maximum atomic E-state index is 4.67. The molecule has 0 bridgehead atoms. The van der Waals surface area contributed by atoms with Crippen molar-refractivity contribution in [2.75, 3.05) is 44.7 Å². The smallest absolute Gasteiger partial charge is 0.191 e. The number of guanidine groups is 1. The quantitative estimate of drug-likeness (QED) is 0.457. The van der Waals surface area contributed by atoms with Crippen molar-refractivity contribution in [1.82, 2.24) is 15.5 Å². The molecule has 1 aromatic heterocycles. The highest BCUT2D eigenvalue weighted by atomic mass is 32.2. The van der Waals surface area contributed by atoms with Crippen LogP contribution in [0.15, 0.2) is 16.4 Å². The van der Waals surface area contributed by atoms with E-state index in [1.807, 2.05) is 23.1 Å². The number of thioether (sulfide) groups is 1. The fourth-order valence-electron chi connectivity index (χ4n) is 2.41. The van der Waals surface area contributed by atoms with Gasteiger partial charge in [-0.1, -0.05) is 0 Å². The summed E-state index contributed by atoms with van der Waals surface area (Å²) in [4.78, 5) is 8.74. The van der Waals surface area contributed by atoms with Crippen LogP contribution in [0.3, 0.4) is 0 Å². The second-order valence-electron chi connectivity index (χ2n) is 5.08. The normalized spacial score (nSPS) is 15.8. The van der Waals surface area contributed by atoms with E-state index in [1.165, 1.54) is 18.5 Å². The first-order valence-corrected chi connectivity index (χ1v) is 9.89. The summed E-state index contributed by atoms with van der Waals surface area (Å²) in [7, 11) is 0. The fraction of sp³-hybridized carbons (Fsp3) is 0.667. The largest absolute Gasteiger partial charge is 0.357 e. The molecule has 0 saturated heterocycles. The molecule has 118 valence electrons. The molecule has 0 radical (unpaired) electrons. The molecule has 0 spiro atoms. The zero-order chi connectivity index (χ0) is 14.9. The van der Waals surface area contributed by atoms with Crippen molar-refractivity contribution in [1.29, 1.82) is 0 Å². The Morgan fingerprint density at radius 2 is 2.38 bits per heavy atom. The van der Waals surface area contributed by atoms with Crippen molar-refractivity contribution >= 4 is 29.1 Å². The second kappa shape index (κ2) is 9.33. The van der Waals surface area contributed by atoms with Gasteiger partial charge in [0, 0.05) is 43.4 Å². The van der Waals surface area contributed by atoms with Gasteiger partial charge < -0.3 is 10.6 Å². The third-order valence-corrected chi connectivity index (χ3v) is 5.15. The number of hydrogen-bond donors (Lipinski definition) is 2. The van der Waals surface area contributed by atoms with Crippen LogP contribution in [0.2, 0.25) is 0 Å². The lowest BCUT2D eigenvalue weighted by atomic mass is 10.1. The molecule has 1 aromatic rings. The Morgan fingerprint density at radius 1 is 1.48 bits per heavy atom. The molecule has 2 rings (SSSR count). The lowest BCUT2D eigenvalue weighted by molar-refractivity contribution is 0.263. The molecule has 0 aliphatic carbocycles. The summed E-state index contributed by atoms with van der Waals surface area (Å²) >= 11 is 3.75. The first kappa shape index (κ1) is 16.6. The van der Waals surface area contributed by atoms with Gasteiger partial charge in [-0.25, -0.2) is 0 Å². The van der Waals surface area contributed by atoms with E-state index in [0.29, 0.717) is 0 Å². The summed E-state index contributed by atoms with van der Waals surface area (Å²) in [5.74, 6) is 2.05. The number of rotatable bonds is 7. The van der Waals surface area contributed by atoms with E-state index in [0.717, 1.165) is 44.4 Å². The predicted octanol–water partition coefficient (Wildman–Crippen LogP) is 2.02. The Hall–Kier alpha value is -0.720. The third kappa shape index (κ3) is 5.52. The highest BCUT2D eigenvalue weighted by Crippen LogP contribution is 2.23. The first-order valence-electron chi connectivity index (χ1n) is 7.62. The highest BCUT2D eigenvalue weighted by Gasteiger charge is 2.16. The number of thiophene rings is 1. The Morgan fingerprint density at radius 3 is 3.19 bits per heavy atom. The summed E-state index contributed by atoms with van der Waals surface area (Å²) < 4.78 is 0. The zero-order valence-corrected chi connectivity index (χ0v) is 14.7. The monoisotopic (exact) mass is 326 g/mol. The minimum Gasteiger partial charge on any atom is -0.357 e. The van der Waals surface area contributed by atoms with E-state index in [9.17, 15) is 0 Å². The molecule has 0 atom stereocenters. The summed E-state index contributed by atoms with van der Waals surface area (Å²) in [5.41, 5.74) is 1.51. The van der Waals surface area contributed by atoms with Gasteiger partial charge in [0.1, 0.15) is 0 Å². The fourth-order valence-corrected chi connectivity index (χ4v) is 3.61. The van der Waals surface area contributed by atoms with Crippen LogP contribution in [0.5, 0.6) is 0 Å². The van der Waals surface area contributed by atoms with E-state index >= 15 is 0 Å². The molecule has 1 aliphatic rings. The summed E-state index contributed by atoms with van der Waals surface area (Å²) in [6, 6.07) is 2.27. The SMILES string of the molecule is CCNC(=NCCN1CCc2sccc2C1)NCCSC. The van der Waals surface area contributed by atoms with Gasteiger partial charge in [0.2, 0.25) is 0 Å². The molecule has 0 unspecified atom stereocenters. The average Bonchev–Trinajstić information content (AvgIpc) is 2.95. The van der Waals surface area contributed by atoms with Crippen LogP contribution in [0.25, 0.3) is 0 Å². The Labute approximate surface area is 136 Å². The van der Waals surface area contributed by atoms with Gasteiger partial charge in [-0.05, 0) is 36.6 Å². The molecule has 1 aliphatic heterocycles. The molecular formula is C15H26N4S2. The van der Waals surface area contributed by atoms with Gasteiger partial charge in [-0.15, -0.1) is 11.3 Å². The van der Waals surface area contributed by atoms with Crippen LogP contribution in [-0.2, 0) is 13.0 Å². The average molecular weight is 327 g/mol. The number of aliphatic imine (C=N–C) groups is 1. The van der Waals surface area contributed by atoms with Crippen LogP contribution in [-0.4, -0.2) is 55.6 Å². The van der Waals surface area contributed by atoms with Gasteiger partial charge in [0.15, 0.2) is 5.96 Å². The Balaban J connectivity index is 1.74. The predicted molar refractivity (Wildman–Crippen MR) is 95.7 cm³/mol. The van der Waals surface area contributed by atoms with E-state index < -0.39 is 0 Å². The topological polar surface area (TPSA) is 39.7 Å². The van der Waals surface area contributed by atoms with E-state index in [1.54, 1.807) is 4.88 Å². The van der Waals surface area contributed by atoms with Crippen molar-refractivity contribution in [3.8, 4) is 0 Å². The Bertz CT molecular complexity index is 445. The molecule has 2 N–H and O–H groups in total. The van der Waals surface area contributed by atoms with E-state index in [-0.39, 0.29) is 0 Å². The van der Waals surface area contributed by atoms with Crippen molar-refractivity contribution in [3.05, 3.63) is 21.9 Å². The maximum Gasteiger partial charge on any atom is 0.191 e. The second-order valence-corrected chi connectivity index (χ2v) is 7.06. The van der Waals surface area contributed by atoms with Gasteiger partial charge in [0.25, 0.3) is 0 Å². The zero-order valence-electron chi connectivity index (χ0n) is 13.0. The van der Waals surface area contributed by atoms with Gasteiger partial charge in [-0.2, -0.15) is 11.8 Å². The maximum absolute atomic E-state index is 4.67. The standard InChI is InChI=1S/C15H26N4S2/c1-3-16-15(18-7-11-20-2)17-6-9-19-8-4-14-13(12-19)5-10-21-14/h5,10H,3-4,6-9,11-12H2,1-2H3,(H2,16,17,18). The van der Waals surface area contributed by atoms with Crippen molar-refractivity contribution in [3.63, 3.8) is 0 Å². The highest BCUT2D eigenvalue weighted by molar-refractivity contribution is 7.98. The van der Waals surface area contributed by atoms with Crippen LogP contribution < -0.4 is 10.6 Å². The molecule has 0 aromatic carbocycles. The van der Waals surface area contributed by atoms with Gasteiger partial charge >= 0.3 is 0 Å². The number of fused-ring (bicyclic) bond motifs is 1. The summed E-state index contributed by atoms with van der Waals surface area (Å²) in [6.07, 6.45) is 3.32. The summed E-state index contributed by atoms with van der Waals surface area (Å²) in [6.45, 7) is 8.13. The molecule has 0 fully saturated rings. The molecule has 21 heavy (non-hydrogen) atoms.